The maximum absolute atomic E-state index is 12.7. The van der Waals surface area contributed by atoms with Crippen LogP contribution >= 0.6 is 0 Å². The zero-order valence-corrected chi connectivity index (χ0v) is 40.6. The van der Waals surface area contributed by atoms with Gasteiger partial charge in [-0.05, 0) is 123 Å². The molecular weight excluding hydrogens is 897 g/mol. The first-order valence-electron chi connectivity index (χ1n) is 24.7. The first-order chi connectivity index (χ1) is 31.8. The molecule has 7 aliphatic rings. The molecule has 26 unspecified atom stereocenters. The Labute approximate surface area is 398 Å². The fourth-order valence-electron chi connectivity index (χ4n) is 15.0. The molecule has 0 bridgehead atoms. The molecule has 7 fully saturated rings. The molecule has 4 aliphatic carbocycles. The van der Waals surface area contributed by atoms with Gasteiger partial charge in [-0.15, -0.1) is 0 Å². The number of fused-ring (bicyclic) bond motifs is 5. The molecular formula is C48H82O20. The van der Waals surface area contributed by atoms with E-state index >= 15 is 0 Å². The first kappa shape index (κ1) is 54.7. The molecule has 4 saturated carbocycles. The summed E-state index contributed by atoms with van der Waals surface area (Å²) in [5.74, 6) is -0.518. The third-order valence-electron chi connectivity index (χ3n) is 19.2. The second kappa shape index (κ2) is 20.3. The van der Waals surface area contributed by atoms with E-state index in [1.165, 1.54) is 0 Å². The quantitative estimate of drug-likeness (QED) is 0.0423. The van der Waals surface area contributed by atoms with Crippen molar-refractivity contribution in [1.82, 2.24) is 0 Å². The Hall–Kier alpha value is -1.06. The van der Waals surface area contributed by atoms with Gasteiger partial charge in [0.2, 0.25) is 0 Å². The predicted octanol–water partition coefficient (Wildman–Crippen LogP) is -0.559. The average Bonchev–Trinajstić information content (AvgIpc) is 3.68. The van der Waals surface area contributed by atoms with Gasteiger partial charge in [0, 0.05) is 0 Å². The van der Waals surface area contributed by atoms with Crippen molar-refractivity contribution >= 4 is 0 Å². The molecule has 26 atom stereocenters. The summed E-state index contributed by atoms with van der Waals surface area (Å²) in [6.07, 6.45) is -20.1. The summed E-state index contributed by atoms with van der Waals surface area (Å²) in [6.45, 7) is 16.8. The Morgan fingerprint density at radius 3 is 1.74 bits per heavy atom. The molecule has 0 aromatic carbocycles. The number of rotatable bonds is 15. The Morgan fingerprint density at radius 2 is 1.18 bits per heavy atom. The summed E-state index contributed by atoms with van der Waals surface area (Å²) < 4.78 is 37.1. The monoisotopic (exact) mass is 979 g/mol. The van der Waals surface area contributed by atoms with E-state index in [1.54, 1.807) is 6.92 Å². The van der Waals surface area contributed by atoms with Crippen molar-refractivity contribution < 1.29 is 99.8 Å². The van der Waals surface area contributed by atoms with Crippen molar-refractivity contribution in [3.05, 3.63) is 12.2 Å². The number of hydrogen-bond donors (Lipinski definition) is 13. The summed E-state index contributed by atoms with van der Waals surface area (Å²) in [5.41, 5.74) is -2.14. The zero-order chi connectivity index (χ0) is 50.2. The molecule has 0 amide bonds. The van der Waals surface area contributed by atoms with Crippen LogP contribution in [0, 0.1) is 45.3 Å². The molecule has 0 spiro atoms. The van der Waals surface area contributed by atoms with E-state index in [-0.39, 0.29) is 47.3 Å². The van der Waals surface area contributed by atoms with Crippen LogP contribution in [0.1, 0.15) is 106 Å². The Bertz CT molecular complexity index is 1720. The van der Waals surface area contributed by atoms with Crippen LogP contribution in [0.25, 0.3) is 0 Å². The van der Waals surface area contributed by atoms with E-state index in [1.807, 2.05) is 6.92 Å². The minimum absolute atomic E-state index is 0.0427. The lowest BCUT2D eigenvalue weighted by molar-refractivity contribution is -0.378. The lowest BCUT2D eigenvalue weighted by Crippen LogP contribution is -2.68. The first-order valence-corrected chi connectivity index (χ1v) is 24.7. The van der Waals surface area contributed by atoms with Crippen molar-refractivity contribution in [2.45, 2.75) is 222 Å². The van der Waals surface area contributed by atoms with Crippen LogP contribution in [0.15, 0.2) is 12.2 Å². The smallest absolute Gasteiger partial charge is 0.187 e. The van der Waals surface area contributed by atoms with E-state index in [0.29, 0.717) is 31.3 Å². The maximum Gasteiger partial charge on any atom is 0.187 e. The molecule has 7 rings (SSSR count). The third kappa shape index (κ3) is 9.09. The molecule has 68 heavy (non-hydrogen) atoms. The molecule has 3 aliphatic heterocycles. The largest absolute Gasteiger partial charge is 0.394 e. The van der Waals surface area contributed by atoms with Gasteiger partial charge in [0.1, 0.15) is 79.4 Å². The molecule has 13 N–H and O–H groups in total. The fourth-order valence-corrected chi connectivity index (χ4v) is 15.0. The highest BCUT2D eigenvalue weighted by atomic mass is 17.1. The molecule has 0 aromatic rings. The van der Waals surface area contributed by atoms with Crippen LogP contribution in [0.2, 0.25) is 0 Å². The maximum atomic E-state index is 12.7. The summed E-state index contributed by atoms with van der Waals surface area (Å²) in [5, 5.41) is 139. The molecule has 394 valence electrons. The van der Waals surface area contributed by atoms with Crippen LogP contribution in [-0.2, 0) is 33.3 Å². The van der Waals surface area contributed by atoms with Gasteiger partial charge in [0.05, 0.1) is 37.6 Å². The van der Waals surface area contributed by atoms with E-state index in [4.69, 9.17) is 33.3 Å². The Kier molecular flexibility index (Phi) is 16.4. The number of aliphatic hydroxyl groups is 12. The van der Waals surface area contributed by atoms with Crippen LogP contribution in [0.3, 0.4) is 0 Å². The topological polar surface area (TPSA) is 328 Å². The zero-order valence-electron chi connectivity index (χ0n) is 40.6. The second-order valence-corrected chi connectivity index (χ2v) is 23.1. The normalized spacial score (nSPS) is 51.7. The van der Waals surface area contributed by atoms with Crippen molar-refractivity contribution in [1.29, 1.82) is 0 Å². The minimum Gasteiger partial charge on any atom is -0.394 e. The number of ether oxygens (including phenoxy) is 6. The van der Waals surface area contributed by atoms with Crippen LogP contribution in [0.4, 0.5) is 0 Å². The summed E-state index contributed by atoms with van der Waals surface area (Å²) >= 11 is 0. The van der Waals surface area contributed by atoms with Gasteiger partial charge < -0.3 is 89.7 Å². The van der Waals surface area contributed by atoms with E-state index < -0.39 is 147 Å². The van der Waals surface area contributed by atoms with Crippen LogP contribution in [-0.4, -0.2) is 202 Å². The second-order valence-electron chi connectivity index (χ2n) is 23.1. The number of hydrogen-bond acceptors (Lipinski definition) is 20. The Morgan fingerprint density at radius 1 is 0.647 bits per heavy atom. The highest BCUT2D eigenvalue weighted by Crippen LogP contribution is 2.76. The van der Waals surface area contributed by atoms with E-state index in [9.17, 15) is 66.5 Å². The van der Waals surface area contributed by atoms with Crippen molar-refractivity contribution in [3.63, 3.8) is 0 Å². The lowest BCUT2D eigenvalue weighted by Gasteiger charge is -2.71. The molecule has 20 nitrogen and oxygen atoms in total. The van der Waals surface area contributed by atoms with Gasteiger partial charge in [-0.25, -0.2) is 4.89 Å². The summed E-state index contributed by atoms with van der Waals surface area (Å²) in [7, 11) is 0. The van der Waals surface area contributed by atoms with Gasteiger partial charge in [0.25, 0.3) is 0 Å². The minimum atomic E-state index is -1.81. The van der Waals surface area contributed by atoms with Gasteiger partial charge >= 0.3 is 0 Å². The van der Waals surface area contributed by atoms with Crippen LogP contribution in [0.5, 0.6) is 0 Å². The van der Waals surface area contributed by atoms with Gasteiger partial charge in [-0.3, -0.25) is 5.26 Å². The van der Waals surface area contributed by atoms with Crippen molar-refractivity contribution in [2.75, 3.05) is 19.8 Å². The Balaban J connectivity index is 1.14. The number of aliphatic hydroxyl groups excluding tert-OH is 12. The van der Waals surface area contributed by atoms with Crippen LogP contribution < -0.4 is 0 Å². The summed E-state index contributed by atoms with van der Waals surface area (Å²) in [4.78, 5) is 4.80. The highest BCUT2D eigenvalue weighted by Gasteiger charge is 2.72. The molecule has 0 aromatic heterocycles. The molecule has 20 heteroatoms. The SMILES string of the molecule is C=C(C)C(CCC(C)(OC1OC(CO)C(O)C(O)C1O)C1CCC2(C)C1C(O)CC1C3(C)CCC(OC4OC(CO)C(O)C(O)C4OC4OC(CO)C(O)C(O)C4O)C(C)(C)C3CCC12C)OO. The van der Waals surface area contributed by atoms with E-state index in [0.717, 1.165) is 19.3 Å². The molecule has 3 heterocycles. The average molecular weight is 979 g/mol. The highest BCUT2D eigenvalue weighted by molar-refractivity contribution is 5.20. The summed E-state index contributed by atoms with van der Waals surface area (Å²) in [6, 6.07) is 0. The van der Waals surface area contributed by atoms with Gasteiger partial charge in [0.15, 0.2) is 18.9 Å². The molecule has 3 saturated heterocycles. The lowest BCUT2D eigenvalue weighted by atomic mass is 9.35. The predicted molar refractivity (Wildman–Crippen MR) is 236 cm³/mol. The van der Waals surface area contributed by atoms with Gasteiger partial charge in [-0.2, -0.15) is 0 Å². The van der Waals surface area contributed by atoms with E-state index in [2.05, 4.69) is 41.2 Å². The van der Waals surface area contributed by atoms with Crippen molar-refractivity contribution in [3.8, 4) is 0 Å². The van der Waals surface area contributed by atoms with Crippen molar-refractivity contribution in [2.24, 2.45) is 45.3 Å². The third-order valence-corrected chi connectivity index (χ3v) is 19.2. The molecule has 0 radical (unpaired) electrons. The standard InChI is InChI=1S/C48H82O20/c1-21(2)24(68-61)10-16-48(8,67-42-39(60)36(57)33(54)26(19-50)63-42)22-9-14-47(7)31(22)23(52)17-29-45(5)13-12-30(44(3,4)28(45)11-15-46(29,47)6)65-43-40(37(58)34(55)27(20-51)64-43)66-41-38(59)35(56)32(53)25(18-49)62-41/h22-43,49-61H,1,9-20H2,2-8H3. The fraction of sp³-hybridized carbons (Fsp3) is 0.958. The van der Waals surface area contributed by atoms with Gasteiger partial charge in [-0.1, -0.05) is 41.2 Å².